The summed E-state index contributed by atoms with van der Waals surface area (Å²) < 4.78 is 43.2. The van der Waals surface area contributed by atoms with Crippen LogP contribution in [0, 0.1) is 17.7 Å². The minimum absolute atomic E-state index is 0.0624. The second-order valence-electron chi connectivity index (χ2n) is 4.34. The van der Waals surface area contributed by atoms with E-state index in [2.05, 4.69) is 16.7 Å². The zero-order valence-electron chi connectivity index (χ0n) is 11.3. The number of hydrogen-bond donors (Lipinski definition) is 2. The van der Waals surface area contributed by atoms with Gasteiger partial charge in [-0.15, -0.1) is 4.83 Å². The molecule has 0 radical (unpaired) electrons. The first-order chi connectivity index (χ1) is 10.0. The van der Waals surface area contributed by atoms with Crippen molar-refractivity contribution in [3.63, 3.8) is 0 Å². The minimum Gasteiger partial charge on any atom is -0.379 e. The summed E-state index contributed by atoms with van der Waals surface area (Å²) in [4.78, 5) is 2.38. The van der Waals surface area contributed by atoms with Crippen LogP contribution in [0.1, 0.15) is 5.56 Å². The normalized spacial score (nSPS) is 16.3. The summed E-state index contributed by atoms with van der Waals surface area (Å²) in [7, 11) is -3.83. The van der Waals surface area contributed by atoms with E-state index < -0.39 is 15.8 Å². The molecule has 8 heteroatoms. The number of halogens is 1. The van der Waals surface area contributed by atoms with Crippen molar-refractivity contribution >= 4 is 10.0 Å². The predicted molar refractivity (Wildman–Crippen MR) is 75.0 cm³/mol. The smallest absolute Gasteiger partial charge is 0.254 e. The van der Waals surface area contributed by atoms with E-state index in [1.54, 1.807) is 5.01 Å². The van der Waals surface area contributed by atoms with Gasteiger partial charge < -0.3 is 10.5 Å². The molecule has 1 fully saturated rings. The van der Waals surface area contributed by atoms with E-state index in [4.69, 9.17) is 10.5 Å². The van der Waals surface area contributed by atoms with Crippen molar-refractivity contribution in [3.8, 4) is 11.8 Å². The molecule has 0 unspecified atom stereocenters. The monoisotopic (exact) mass is 313 g/mol. The fraction of sp³-hybridized carbons (Fsp3) is 0.385. The Labute approximate surface area is 123 Å². The summed E-state index contributed by atoms with van der Waals surface area (Å²) in [6.07, 6.45) is 0. The molecule has 3 N–H and O–H groups in total. The summed E-state index contributed by atoms with van der Waals surface area (Å²) in [6.45, 7) is 1.86. The van der Waals surface area contributed by atoms with E-state index in [0.29, 0.717) is 26.3 Å². The average Bonchev–Trinajstić information content (AvgIpc) is 2.45. The van der Waals surface area contributed by atoms with Gasteiger partial charge in [-0.2, -0.15) is 0 Å². The van der Waals surface area contributed by atoms with E-state index in [1.807, 2.05) is 0 Å². The van der Waals surface area contributed by atoms with Gasteiger partial charge in [0.1, 0.15) is 5.82 Å². The Hall–Kier alpha value is -1.50. The van der Waals surface area contributed by atoms with Crippen LogP contribution in [0.4, 0.5) is 4.39 Å². The van der Waals surface area contributed by atoms with Gasteiger partial charge in [-0.25, -0.2) is 17.8 Å². The third-order valence-corrected chi connectivity index (χ3v) is 4.25. The number of benzene rings is 1. The Morgan fingerprint density at radius 3 is 2.76 bits per heavy atom. The van der Waals surface area contributed by atoms with Crippen molar-refractivity contribution in [1.29, 1.82) is 0 Å². The highest BCUT2D eigenvalue weighted by atomic mass is 32.2. The Balaban J connectivity index is 2.30. The molecule has 1 heterocycles. The number of nitrogens with one attached hydrogen (secondary N) is 1. The van der Waals surface area contributed by atoms with Crippen LogP contribution in [-0.2, 0) is 14.8 Å². The molecule has 0 aliphatic carbocycles. The van der Waals surface area contributed by atoms with E-state index >= 15 is 0 Å². The fourth-order valence-electron chi connectivity index (χ4n) is 1.85. The topological polar surface area (TPSA) is 84.7 Å². The molecule has 1 aromatic rings. The Kier molecular flexibility index (Phi) is 5.27. The Morgan fingerprint density at radius 2 is 2.10 bits per heavy atom. The average molecular weight is 313 g/mol. The summed E-state index contributed by atoms with van der Waals surface area (Å²) >= 11 is 0. The quantitative estimate of drug-likeness (QED) is 0.746. The summed E-state index contributed by atoms with van der Waals surface area (Å²) in [5.74, 6) is 4.56. The van der Waals surface area contributed by atoms with E-state index in [0.717, 1.165) is 12.1 Å². The van der Waals surface area contributed by atoms with Crippen LogP contribution in [0.2, 0.25) is 0 Å². The van der Waals surface area contributed by atoms with E-state index in [9.17, 15) is 12.8 Å². The molecule has 1 aliphatic rings. The highest BCUT2D eigenvalue weighted by Gasteiger charge is 2.22. The first-order valence-electron chi connectivity index (χ1n) is 6.36. The number of ether oxygens (including phenoxy) is 1. The van der Waals surface area contributed by atoms with Gasteiger partial charge >= 0.3 is 0 Å². The first kappa shape index (κ1) is 15.9. The maximum Gasteiger partial charge on any atom is 0.254 e. The molecule has 1 aliphatic heterocycles. The first-order valence-corrected chi connectivity index (χ1v) is 7.85. The molecular formula is C13H16FN3O3S. The van der Waals surface area contributed by atoms with Gasteiger partial charge in [0.15, 0.2) is 0 Å². The molecule has 1 aromatic carbocycles. The number of morpholine rings is 1. The Morgan fingerprint density at radius 1 is 1.38 bits per heavy atom. The molecule has 21 heavy (non-hydrogen) atoms. The van der Waals surface area contributed by atoms with Crippen molar-refractivity contribution in [2.75, 3.05) is 32.8 Å². The zero-order valence-corrected chi connectivity index (χ0v) is 12.1. The molecule has 6 nitrogen and oxygen atoms in total. The lowest BCUT2D eigenvalue weighted by Gasteiger charge is -2.26. The molecule has 0 amide bonds. The van der Waals surface area contributed by atoms with E-state index in [-0.39, 0.29) is 17.0 Å². The lowest BCUT2D eigenvalue weighted by Crippen LogP contribution is -2.48. The van der Waals surface area contributed by atoms with Crippen LogP contribution in [0.5, 0.6) is 0 Å². The molecule has 114 valence electrons. The molecule has 0 bridgehead atoms. The van der Waals surface area contributed by atoms with Crippen LogP contribution in [0.15, 0.2) is 23.1 Å². The summed E-state index contributed by atoms with van der Waals surface area (Å²) in [5.41, 5.74) is 5.35. The molecule has 1 saturated heterocycles. The maximum atomic E-state index is 13.3. The number of sulfonamides is 1. The highest BCUT2D eigenvalue weighted by Crippen LogP contribution is 2.16. The third-order valence-electron chi connectivity index (χ3n) is 2.82. The molecular weight excluding hydrogens is 297 g/mol. The highest BCUT2D eigenvalue weighted by molar-refractivity contribution is 7.89. The SMILES string of the molecule is NCC#Cc1cc(F)ccc1S(=O)(=O)NN1CCOCC1. The Bertz CT molecular complexity index is 661. The number of rotatable bonds is 3. The van der Waals surface area contributed by atoms with E-state index in [1.165, 1.54) is 6.07 Å². The molecule has 2 rings (SSSR count). The number of hydrazine groups is 1. The van der Waals surface area contributed by atoms with Crippen molar-refractivity contribution in [2.45, 2.75) is 4.90 Å². The van der Waals surface area contributed by atoms with Gasteiger partial charge in [0, 0.05) is 18.7 Å². The number of nitrogens with zero attached hydrogens (tertiary/aromatic N) is 1. The zero-order chi connectivity index (χ0) is 15.3. The van der Waals surface area contributed by atoms with Crippen LogP contribution in [-0.4, -0.2) is 46.3 Å². The van der Waals surface area contributed by atoms with Crippen LogP contribution < -0.4 is 10.6 Å². The fourth-order valence-corrected chi connectivity index (χ4v) is 3.12. The number of nitrogens with two attached hydrogens (primary N) is 1. The van der Waals surface area contributed by atoms with Crippen molar-refractivity contribution in [2.24, 2.45) is 5.73 Å². The minimum atomic E-state index is -3.83. The van der Waals surface area contributed by atoms with Gasteiger partial charge in [-0.05, 0) is 18.2 Å². The third kappa shape index (κ3) is 4.23. The standard InChI is InChI=1S/C13H16FN3O3S/c14-12-3-4-13(11(10-12)2-1-5-15)21(18,19)16-17-6-8-20-9-7-17/h3-4,10,16H,5-9,15H2. The molecule has 0 saturated carbocycles. The summed E-state index contributed by atoms with van der Waals surface area (Å²) in [6, 6.07) is 3.36. The van der Waals surface area contributed by atoms with Gasteiger partial charge in [-0.3, -0.25) is 0 Å². The van der Waals surface area contributed by atoms with Gasteiger partial charge in [0.25, 0.3) is 10.0 Å². The largest absolute Gasteiger partial charge is 0.379 e. The lowest BCUT2D eigenvalue weighted by atomic mass is 10.2. The van der Waals surface area contributed by atoms with Crippen molar-refractivity contribution in [3.05, 3.63) is 29.6 Å². The van der Waals surface area contributed by atoms with Crippen molar-refractivity contribution in [1.82, 2.24) is 9.84 Å². The lowest BCUT2D eigenvalue weighted by molar-refractivity contribution is 0.0272. The van der Waals surface area contributed by atoms with Crippen LogP contribution in [0.25, 0.3) is 0 Å². The maximum absolute atomic E-state index is 13.3. The van der Waals surface area contributed by atoms with Crippen molar-refractivity contribution < 1.29 is 17.5 Å². The van der Waals surface area contributed by atoms with Gasteiger partial charge in [-0.1, -0.05) is 11.8 Å². The molecule has 0 atom stereocenters. The molecule has 0 spiro atoms. The second kappa shape index (κ2) is 6.98. The van der Waals surface area contributed by atoms with Gasteiger partial charge in [0.2, 0.25) is 0 Å². The van der Waals surface area contributed by atoms with Gasteiger partial charge in [0.05, 0.1) is 24.7 Å². The molecule has 0 aromatic heterocycles. The predicted octanol–water partition coefficient (Wildman–Crippen LogP) is -0.339. The van der Waals surface area contributed by atoms with Crippen LogP contribution >= 0.6 is 0 Å². The van der Waals surface area contributed by atoms with Crippen LogP contribution in [0.3, 0.4) is 0 Å². The summed E-state index contributed by atoms with van der Waals surface area (Å²) in [5, 5.41) is 1.54. The number of hydrogen-bond acceptors (Lipinski definition) is 5. The second-order valence-corrected chi connectivity index (χ2v) is 5.97.